The largest absolute Gasteiger partial charge is 0.392 e. The molecule has 2 rings (SSSR count). The molecule has 3 nitrogen and oxygen atoms in total. The average molecular weight is 205 g/mol. The lowest BCUT2D eigenvalue weighted by Gasteiger charge is -2.11. The molecule has 15 heavy (non-hydrogen) atoms. The summed E-state index contributed by atoms with van der Waals surface area (Å²) in [5, 5.41) is 12.3. The van der Waals surface area contributed by atoms with Gasteiger partial charge < -0.3 is 10.4 Å². The highest BCUT2D eigenvalue weighted by atomic mass is 16.3. The first-order valence-corrected chi connectivity index (χ1v) is 5.29. The number of benzene rings is 1. The van der Waals surface area contributed by atoms with E-state index < -0.39 is 0 Å². The van der Waals surface area contributed by atoms with E-state index in [0.717, 1.165) is 24.9 Å². The summed E-state index contributed by atoms with van der Waals surface area (Å²) in [5.74, 6) is 0.108. The minimum absolute atomic E-state index is 0.0577. The third kappa shape index (κ3) is 2.08. The zero-order chi connectivity index (χ0) is 10.7. The minimum Gasteiger partial charge on any atom is -0.392 e. The number of aliphatic hydroxyl groups is 1. The van der Waals surface area contributed by atoms with Crippen LogP contribution in [0.4, 0.5) is 0 Å². The molecular weight excluding hydrogens is 190 g/mol. The molecule has 1 atom stereocenters. The molecule has 1 aromatic rings. The molecule has 0 bridgehead atoms. The van der Waals surface area contributed by atoms with E-state index in [1.807, 2.05) is 12.1 Å². The lowest BCUT2D eigenvalue weighted by Crippen LogP contribution is -2.31. The van der Waals surface area contributed by atoms with Gasteiger partial charge in [-0.05, 0) is 24.9 Å². The Balaban J connectivity index is 2.24. The van der Waals surface area contributed by atoms with Gasteiger partial charge in [-0.3, -0.25) is 4.79 Å². The quantitative estimate of drug-likeness (QED) is 0.727. The van der Waals surface area contributed by atoms with Gasteiger partial charge in [-0.25, -0.2) is 0 Å². The van der Waals surface area contributed by atoms with Gasteiger partial charge in [0.15, 0.2) is 5.78 Å². The second-order valence-corrected chi connectivity index (χ2v) is 3.83. The van der Waals surface area contributed by atoms with E-state index in [9.17, 15) is 4.79 Å². The Morgan fingerprint density at radius 2 is 2.27 bits per heavy atom. The van der Waals surface area contributed by atoms with Gasteiger partial charge >= 0.3 is 0 Å². The zero-order valence-electron chi connectivity index (χ0n) is 8.57. The average Bonchev–Trinajstić information content (AvgIpc) is 2.81. The van der Waals surface area contributed by atoms with E-state index in [0.29, 0.717) is 5.56 Å². The number of ketones is 1. The molecule has 0 aromatic heterocycles. The molecule has 3 heteroatoms. The highest BCUT2D eigenvalue weighted by molar-refractivity contribution is 6.01. The first-order valence-electron chi connectivity index (χ1n) is 5.29. The van der Waals surface area contributed by atoms with Gasteiger partial charge in [0.1, 0.15) is 0 Å². The van der Waals surface area contributed by atoms with Crippen LogP contribution in [0, 0.1) is 0 Å². The summed E-state index contributed by atoms with van der Waals surface area (Å²) in [6.07, 6.45) is 1.95. The lowest BCUT2D eigenvalue weighted by molar-refractivity contribution is 0.0949. The van der Waals surface area contributed by atoms with Crippen molar-refractivity contribution in [3.8, 4) is 0 Å². The summed E-state index contributed by atoms with van der Waals surface area (Å²) in [6, 6.07) is 7.19. The predicted molar refractivity (Wildman–Crippen MR) is 57.7 cm³/mol. The van der Waals surface area contributed by atoms with Gasteiger partial charge in [0, 0.05) is 5.56 Å². The van der Waals surface area contributed by atoms with Crippen molar-refractivity contribution in [3.05, 3.63) is 35.4 Å². The molecule has 0 aliphatic carbocycles. The van der Waals surface area contributed by atoms with E-state index in [2.05, 4.69) is 5.32 Å². The van der Waals surface area contributed by atoms with Crippen molar-refractivity contribution < 1.29 is 9.90 Å². The Morgan fingerprint density at radius 3 is 2.93 bits per heavy atom. The number of carbonyl (C=O) groups excluding carboxylic acids is 1. The van der Waals surface area contributed by atoms with Crippen molar-refractivity contribution in [2.24, 2.45) is 0 Å². The van der Waals surface area contributed by atoms with Crippen LogP contribution in [-0.4, -0.2) is 23.5 Å². The third-order valence-corrected chi connectivity index (χ3v) is 2.83. The molecule has 0 radical (unpaired) electrons. The molecule has 1 fully saturated rings. The monoisotopic (exact) mass is 205 g/mol. The van der Waals surface area contributed by atoms with Crippen molar-refractivity contribution >= 4 is 5.78 Å². The van der Waals surface area contributed by atoms with E-state index in [1.165, 1.54) is 0 Å². The Labute approximate surface area is 89.1 Å². The molecule has 0 saturated carbocycles. The molecule has 2 N–H and O–H groups in total. The second-order valence-electron chi connectivity index (χ2n) is 3.83. The maximum atomic E-state index is 12.1. The number of carbonyl (C=O) groups is 1. The summed E-state index contributed by atoms with van der Waals surface area (Å²) >= 11 is 0. The first kappa shape index (κ1) is 10.3. The summed E-state index contributed by atoms with van der Waals surface area (Å²) in [4.78, 5) is 12.1. The molecule has 0 spiro atoms. The fraction of sp³-hybridized carbons (Fsp3) is 0.417. The summed E-state index contributed by atoms with van der Waals surface area (Å²) < 4.78 is 0. The highest BCUT2D eigenvalue weighted by Crippen LogP contribution is 2.16. The van der Waals surface area contributed by atoms with E-state index in [1.54, 1.807) is 12.1 Å². The molecule has 80 valence electrons. The molecule has 1 aliphatic heterocycles. The van der Waals surface area contributed by atoms with E-state index in [4.69, 9.17) is 5.11 Å². The van der Waals surface area contributed by atoms with Crippen molar-refractivity contribution in [1.29, 1.82) is 0 Å². The van der Waals surface area contributed by atoms with Gasteiger partial charge in [0.05, 0.1) is 12.6 Å². The Morgan fingerprint density at radius 1 is 1.47 bits per heavy atom. The summed E-state index contributed by atoms with van der Waals surface area (Å²) in [5.41, 5.74) is 1.37. The minimum atomic E-state index is -0.0748. The number of rotatable bonds is 3. The van der Waals surface area contributed by atoms with E-state index in [-0.39, 0.29) is 18.4 Å². The highest BCUT2D eigenvalue weighted by Gasteiger charge is 2.24. The predicted octanol–water partition coefficient (Wildman–Crippen LogP) is 1.11. The Hall–Kier alpha value is -1.19. The van der Waals surface area contributed by atoms with Crippen LogP contribution >= 0.6 is 0 Å². The third-order valence-electron chi connectivity index (χ3n) is 2.83. The van der Waals surface area contributed by atoms with Crippen molar-refractivity contribution in [2.75, 3.05) is 6.54 Å². The Kier molecular flexibility index (Phi) is 3.14. The maximum Gasteiger partial charge on any atom is 0.180 e. The molecule has 1 unspecified atom stereocenters. The first-order chi connectivity index (χ1) is 7.33. The normalized spacial score (nSPS) is 20.5. The van der Waals surface area contributed by atoms with Gasteiger partial charge in [-0.1, -0.05) is 24.3 Å². The Bertz CT molecular complexity index is 356. The molecule has 0 amide bonds. The van der Waals surface area contributed by atoms with E-state index >= 15 is 0 Å². The van der Waals surface area contributed by atoms with Gasteiger partial charge in [0.25, 0.3) is 0 Å². The molecular formula is C12H15NO2. The number of Topliss-reactive ketones (excluding diaryl/α,β-unsaturated/α-hetero) is 1. The SMILES string of the molecule is O=C(c1ccccc1CO)C1CCCN1. The van der Waals surface area contributed by atoms with Crippen LogP contribution in [0.3, 0.4) is 0 Å². The van der Waals surface area contributed by atoms with Crippen LogP contribution in [0.2, 0.25) is 0 Å². The van der Waals surface area contributed by atoms with Crippen molar-refractivity contribution in [3.63, 3.8) is 0 Å². The van der Waals surface area contributed by atoms with Gasteiger partial charge in [0.2, 0.25) is 0 Å². The maximum absolute atomic E-state index is 12.1. The van der Waals surface area contributed by atoms with Crippen LogP contribution in [0.1, 0.15) is 28.8 Å². The number of hydrogen-bond acceptors (Lipinski definition) is 3. The molecule has 1 saturated heterocycles. The number of aliphatic hydroxyl groups excluding tert-OH is 1. The van der Waals surface area contributed by atoms with Crippen LogP contribution in [-0.2, 0) is 6.61 Å². The summed E-state index contributed by atoms with van der Waals surface area (Å²) in [7, 11) is 0. The number of hydrogen-bond donors (Lipinski definition) is 2. The van der Waals surface area contributed by atoms with Crippen LogP contribution in [0.5, 0.6) is 0 Å². The van der Waals surface area contributed by atoms with Crippen LogP contribution in [0.25, 0.3) is 0 Å². The summed E-state index contributed by atoms with van der Waals surface area (Å²) in [6.45, 7) is 0.840. The van der Waals surface area contributed by atoms with Crippen molar-refractivity contribution in [2.45, 2.75) is 25.5 Å². The number of nitrogens with one attached hydrogen (secondary N) is 1. The van der Waals surface area contributed by atoms with Gasteiger partial charge in [-0.15, -0.1) is 0 Å². The topological polar surface area (TPSA) is 49.3 Å². The van der Waals surface area contributed by atoms with Gasteiger partial charge in [-0.2, -0.15) is 0 Å². The van der Waals surface area contributed by atoms with Crippen LogP contribution in [0.15, 0.2) is 24.3 Å². The fourth-order valence-electron chi connectivity index (χ4n) is 1.99. The van der Waals surface area contributed by atoms with Crippen molar-refractivity contribution in [1.82, 2.24) is 5.32 Å². The smallest absolute Gasteiger partial charge is 0.180 e. The zero-order valence-corrected chi connectivity index (χ0v) is 8.57. The molecule has 1 heterocycles. The van der Waals surface area contributed by atoms with Crippen LogP contribution < -0.4 is 5.32 Å². The second kappa shape index (κ2) is 4.55. The molecule has 1 aliphatic rings. The fourth-order valence-corrected chi connectivity index (χ4v) is 1.99. The standard InChI is InChI=1S/C12H15NO2/c14-8-9-4-1-2-5-10(9)12(15)11-6-3-7-13-11/h1-2,4-5,11,13-14H,3,6-8H2. The lowest BCUT2D eigenvalue weighted by atomic mass is 9.98. The molecule has 1 aromatic carbocycles.